The van der Waals surface area contributed by atoms with Crippen molar-refractivity contribution in [3.63, 3.8) is 0 Å². The van der Waals surface area contributed by atoms with Gasteiger partial charge in [0.1, 0.15) is 0 Å². The van der Waals surface area contributed by atoms with Gasteiger partial charge in [-0.25, -0.2) is 0 Å². The van der Waals surface area contributed by atoms with Crippen LogP contribution in [0.3, 0.4) is 0 Å². The molecule has 8 heteroatoms. The molecule has 3 nitrogen and oxygen atoms in total. The number of alkyl halides is 4. The van der Waals surface area contributed by atoms with Gasteiger partial charge in [-0.1, -0.05) is 18.3 Å². The van der Waals surface area contributed by atoms with Crippen LogP contribution in [0.15, 0.2) is 0 Å². The van der Waals surface area contributed by atoms with Crippen LogP contribution in [0, 0.1) is 0 Å². The minimum Gasteiger partial charge on any atom is -0.359 e. The quantitative estimate of drug-likeness (QED) is 0.845. The van der Waals surface area contributed by atoms with E-state index in [1.54, 1.807) is 0 Å². The molecule has 1 unspecified atom stereocenters. The first-order valence-electron chi connectivity index (χ1n) is 4.22. The first-order chi connectivity index (χ1) is 6.93. The summed E-state index contributed by atoms with van der Waals surface area (Å²) in [5, 5.41) is 8.16. The van der Waals surface area contributed by atoms with E-state index in [0.29, 0.717) is 17.9 Å². The Bertz CT molecular complexity index is 315. The topological polar surface area (TPSA) is 37.8 Å². The van der Waals surface area contributed by atoms with Crippen molar-refractivity contribution in [3.8, 4) is 0 Å². The molecular formula is C7H9ClF3N3S. The molecule has 1 atom stereocenters. The Labute approximate surface area is 93.7 Å². The van der Waals surface area contributed by atoms with Crippen LogP contribution in [0.4, 0.5) is 18.3 Å². The summed E-state index contributed by atoms with van der Waals surface area (Å²) >= 11 is 6.26. The monoisotopic (exact) mass is 259 g/mol. The van der Waals surface area contributed by atoms with Crippen molar-refractivity contribution in [2.45, 2.75) is 24.9 Å². The molecular weight excluding hydrogens is 251 g/mol. The highest BCUT2D eigenvalue weighted by atomic mass is 35.5. The average Bonchev–Trinajstić information content (AvgIpc) is 2.61. The van der Waals surface area contributed by atoms with Crippen LogP contribution in [-0.4, -0.2) is 22.1 Å². The van der Waals surface area contributed by atoms with Crippen LogP contribution in [0.1, 0.15) is 18.4 Å². The normalized spacial score (nSPS) is 13.9. The first kappa shape index (κ1) is 12.5. The minimum atomic E-state index is -4.43. The number of halogens is 4. The predicted molar refractivity (Wildman–Crippen MR) is 53.3 cm³/mol. The number of nitrogens with zero attached hydrogens (tertiary/aromatic N) is 2. The van der Waals surface area contributed by atoms with Gasteiger partial charge in [-0.15, -0.1) is 21.8 Å². The molecule has 15 heavy (non-hydrogen) atoms. The molecule has 1 rings (SSSR count). The highest BCUT2D eigenvalue weighted by molar-refractivity contribution is 7.15. The van der Waals surface area contributed by atoms with Gasteiger partial charge in [0.25, 0.3) is 0 Å². The summed E-state index contributed by atoms with van der Waals surface area (Å²) in [6, 6.07) is 0. The summed E-state index contributed by atoms with van der Waals surface area (Å²) in [5.41, 5.74) is 0. The Kier molecular flexibility index (Phi) is 4.15. The van der Waals surface area contributed by atoms with E-state index in [9.17, 15) is 13.2 Å². The van der Waals surface area contributed by atoms with Crippen molar-refractivity contribution in [2.75, 3.05) is 11.9 Å². The van der Waals surface area contributed by atoms with Crippen molar-refractivity contribution in [2.24, 2.45) is 0 Å². The second-order valence-electron chi connectivity index (χ2n) is 2.80. The number of rotatable bonds is 4. The fraction of sp³-hybridized carbons (Fsp3) is 0.714. The number of hydrogen-bond acceptors (Lipinski definition) is 4. The number of nitrogens with one attached hydrogen (secondary N) is 1. The largest absolute Gasteiger partial charge is 0.445 e. The smallest absolute Gasteiger partial charge is 0.359 e. The van der Waals surface area contributed by atoms with Gasteiger partial charge in [0, 0.05) is 6.54 Å². The standard InChI is InChI=1S/C7H9ClF3N3S/c1-2-4(8)3-12-6-14-13-5(15-6)7(9,10)11/h4H,2-3H2,1H3,(H,12,14). The zero-order valence-electron chi connectivity index (χ0n) is 7.81. The highest BCUT2D eigenvalue weighted by Crippen LogP contribution is 2.32. The third-order valence-corrected chi connectivity index (χ3v) is 2.97. The maximum absolute atomic E-state index is 12.1. The van der Waals surface area contributed by atoms with Crippen LogP contribution in [0.5, 0.6) is 0 Å². The highest BCUT2D eigenvalue weighted by Gasteiger charge is 2.35. The lowest BCUT2D eigenvalue weighted by molar-refractivity contribution is -0.138. The molecule has 1 heterocycles. The fourth-order valence-corrected chi connectivity index (χ4v) is 1.45. The van der Waals surface area contributed by atoms with Crippen LogP contribution in [-0.2, 0) is 6.18 Å². The molecule has 0 bridgehead atoms. The van der Waals surface area contributed by atoms with Gasteiger partial charge in [0.05, 0.1) is 5.38 Å². The molecule has 0 amide bonds. The lowest BCUT2D eigenvalue weighted by atomic mass is 10.3. The maximum Gasteiger partial charge on any atom is 0.445 e. The lowest BCUT2D eigenvalue weighted by Crippen LogP contribution is -2.12. The zero-order chi connectivity index (χ0) is 11.5. The lowest BCUT2D eigenvalue weighted by Gasteiger charge is -2.05. The third-order valence-electron chi connectivity index (χ3n) is 1.59. The number of anilines is 1. The molecule has 0 aliphatic rings. The van der Waals surface area contributed by atoms with Crippen LogP contribution in [0.2, 0.25) is 0 Å². The second kappa shape index (κ2) is 4.98. The molecule has 1 aromatic rings. The van der Waals surface area contributed by atoms with Crippen LogP contribution < -0.4 is 5.32 Å². The molecule has 86 valence electrons. The van der Waals surface area contributed by atoms with E-state index in [2.05, 4.69) is 15.5 Å². The van der Waals surface area contributed by atoms with Crippen molar-refractivity contribution in [3.05, 3.63) is 5.01 Å². The third kappa shape index (κ3) is 3.83. The van der Waals surface area contributed by atoms with E-state index in [4.69, 9.17) is 11.6 Å². The van der Waals surface area contributed by atoms with Crippen LogP contribution in [0.25, 0.3) is 0 Å². The Morgan fingerprint density at radius 3 is 2.60 bits per heavy atom. The number of hydrogen-bond donors (Lipinski definition) is 1. The molecule has 1 N–H and O–H groups in total. The van der Waals surface area contributed by atoms with E-state index in [1.807, 2.05) is 6.92 Å². The molecule has 0 spiro atoms. The molecule has 1 aromatic heterocycles. The van der Waals surface area contributed by atoms with E-state index in [0.717, 1.165) is 6.42 Å². The van der Waals surface area contributed by atoms with E-state index >= 15 is 0 Å². The van der Waals surface area contributed by atoms with E-state index in [1.165, 1.54) is 0 Å². The van der Waals surface area contributed by atoms with Gasteiger partial charge >= 0.3 is 6.18 Å². The summed E-state index contributed by atoms with van der Waals surface area (Å²) in [7, 11) is 0. The molecule has 0 aliphatic carbocycles. The summed E-state index contributed by atoms with van der Waals surface area (Å²) in [6.07, 6.45) is -3.69. The Morgan fingerprint density at radius 2 is 2.13 bits per heavy atom. The van der Waals surface area contributed by atoms with Crippen molar-refractivity contribution >= 4 is 28.1 Å². The predicted octanol–water partition coefficient (Wildman–Crippen LogP) is 2.99. The molecule has 0 aliphatic heterocycles. The Balaban J connectivity index is 2.54. The van der Waals surface area contributed by atoms with Gasteiger partial charge in [-0.3, -0.25) is 0 Å². The maximum atomic E-state index is 12.1. The van der Waals surface area contributed by atoms with Gasteiger partial charge in [-0.2, -0.15) is 13.2 Å². The fourth-order valence-electron chi connectivity index (χ4n) is 0.752. The van der Waals surface area contributed by atoms with Crippen molar-refractivity contribution in [1.29, 1.82) is 0 Å². The molecule has 0 aromatic carbocycles. The summed E-state index contributed by atoms with van der Waals surface area (Å²) in [5.74, 6) is 0. The molecule has 0 radical (unpaired) electrons. The Hall–Kier alpha value is -0.560. The van der Waals surface area contributed by atoms with Crippen molar-refractivity contribution in [1.82, 2.24) is 10.2 Å². The van der Waals surface area contributed by atoms with Crippen LogP contribution >= 0.6 is 22.9 Å². The van der Waals surface area contributed by atoms with Gasteiger partial charge in [-0.05, 0) is 6.42 Å². The summed E-state index contributed by atoms with van der Waals surface area (Å²) in [4.78, 5) is 0. The molecule has 0 saturated heterocycles. The van der Waals surface area contributed by atoms with Gasteiger partial charge in [0.15, 0.2) is 0 Å². The Morgan fingerprint density at radius 1 is 1.47 bits per heavy atom. The minimum absolute atomic E-state index is 0.122. The van der Waals surface area contributed by atoms with Gasteiger partial charge < -0.3 is 5.32 Å². The zero-order valence-corrected chi connectivity index (χ0v) is 9.38. The second-order valence-corrected chi connectivity index (χ2v) is 4.39. The summed E-state index contributed by atoms with van der Waals surface area (Å²) < 4.78 is 36.4. The number of aromatic nitrogens is 2. The van der Waals surface area contributed by atoms with Gasteiger partial charge in [0.2, 0.25) is 10.1 Å². The SMILES string of the molecule is CCC(Cl)CNc1nnc(C(F)(F)F)s1. The van der Waals surface area contributed by atoms with Crippen molar-refractivity contribution < 1.29 is 13.2 Å². The molecule has 0 saturated carbocycles. The van der Waals surface area contributed by atoms with E-state index in [-0.39, 0.29) is 10.5 Å². The summed E-state index contributed by atoms with van der Waals surface area (Å²) in [6.45, 7) is 2.27. The van der Waals surface area contributed by atoms with E-state index < -0.39 is 11.2 Å². The first-order valence-corrected chi connectivity index (χ1v) is 5.47. The molecule has 0 fully saturated rings. The average molecular weight is 260 g/mol.